The first kappa shape index (κ1) is 12.2. The molecule has 0 radical (unpaired) electrons. The summed E-state index contributed by atoms with van der Waals surface area (Å²) in [6.07, 6.45) is 2.51. The molecular formula is C11H7N5O3S. The van der Waals surface area contributed by atoms with Gasteiger partial charge in [0.2, 0.25) is 5.03 Å². The molecule has 8 nitrogen and oxygen atoms in total. The van der Waals surface area contributed by atoms with Gasteiger partial charge in [-0.2, -0.15) is 13.7 Å². The number of benzene rings is 1. The molecule has 0 bridgehead atoms. The topological polar surface area (TPSA) is 125 Å². The number of nitrogens with zero attached hydrogens (tertiary/aromatic N) is 3. The van der Waals surface area contributed by atoms with Crippen molar-refractivity contribution in [2.75, 3.05) is 4.72 Å². The zero-order chi connectivity index (χ0) is 14.2. The maximum atomic E-state index is 12.0. The summed E-state index contributed by atoms with van der Waals surface area (Å²) in [5.41, 5.74) is 1.26. The molecule has 1 aromatic carbocycles. The lowest BCUT2D eigenvalue weighted by Crippen LogP contribution is -2.13. The van der Waals surface area contributed by atoms with Crippen LogP contribution in [-0.2, 0) is 10.0 Å². The molecule has 0 spiro atoms. The number of nitriles is 1. The third kappa shape index (κ3) is 1.88. The quantitative estimate of drug-likeness (QED) is 0.746. The molecule has 2 heterocycles. The third-order valence-corrected chi connectivity index (χ3v) is 3.92. The van der Waals surface area contributed by atoms with Crippen LogP contribution in [0.3, 0.4) is 0 Å². The number of aromatic nitrogens is 3. The van der Waals surface area contributed by atoms with Crippen LogP contribution in [0, 0.1) is 11.3 Å². The summed E-state index contributed by atoms with van der Waals surface area (Å²) in [4.78, 5) is 2.87. The highest BCUT2D eigenvalue weighted by molar-refractivity contribution is 7.92. The van der Waals surface area contributed by atoms with E-state index in [1.807, 2.05) is 6.07 Å². The molecule has 0 atom stereocenters. The van der Waals surface area contributed by atoms with Crippen LogP contribution in [0.15, 0.2) is 40.2 Å². The van der Waals surface area contributed by atoms with E-state index in [2.05, 4.69) is 24.6 Å². The van der Waals surface area contributed by atoms with Crippen LogP contribution < -0.4 is 4.72 Å². The zero-order valence-electron chi connectivity index (χ0n) is 9.86. The maximum Gasteiger partial charge on any atom is 0.284 e. The van der Waals surface area contributed by atoms with E-state index < -0.39 is 10.0 Å². The molecule has 0 aliphatic heterocycles. The molecule has 0 aliphatic rings. The van der Waals surface area contributed by atoms with Crippen molar-refractivity contribution in [1.29, 1.82) is 5.26 Å². The van der Waals surface area contributed by atoms with Gasteiger partial charge in [-0.3, -0.25) is 4.72 Å². The molecule has 3 rings (SSSR count). The van der Waals surface area contributed by atoms with Crippen LogP contribution in [0.2, 0.25) is 0 Å². The number of para-hydroxylation sites is 1. The highest BCUT2D eigenvalue weighted by atomic mass is 32.2. The second-order valence-electron chi connectivity index (χ2n) is 3.89. The van der Waals surface area contributed by atoms with Crippen LogP contribution in [-0.4, -0.2) is 23.7 Å². The van der Waals surface area contributed by atoms with Crippen molar-refractivity contribution >= 4 is 26.6 Å². The van der Waals surface area contributed by atoms with E-state index in [0.29, 0.717) is 22.2 Å². The second kappa shape index (κ2) is 4.36. The summed E-state index contributed by atoms with van der Waals surface area (Å²) in [5, 5.41) is 15.8. The van der Waals surface area contributed by atoms with Gasteiger partial charge in [-0.05, 0) is 11.2 Å². The van der Waals surface area contributed by atoms with Gasteiger partial charge in [0.1, 0.15) is 12.3 Å². The summed E-state index contributed by atoms with van der Waals surface area (Å²) >= 11 is 0. The van der Waals surface area contributed by atoms with E-state index >= 15 is 0 Å². The number of nitrogens with one attached hydrogen (secondary N) is 2. The first-order valence-corrected chi connectivity index (χ1v) is 6.91. The average molecular weight is 289 g/mol. The largest absolute Gasteiger partial charge is 0.358 e. The first-order valence-electron chi connectivity index (χ1n) is 5.42. The van der Waals surface area contributed by atoms with Crippen molar-refractivity contribution in [2.24, 2.45) is 0 Å². The van der Waals surface area contributed by atoms with Crippen molar-refractivity contribution in [3.05, 3.63) is 36.2 Å². The van der Waals surface area contributed by atoms with Gasteiger partial charge < -0.3 is 4.98 Å². The minimum absolute atomic E-state index is 0.312. The van der Waals surface area contributed by atoms with Crippen molar-refractivity contribution in [2.45, 2.75) is 5.03 Å². The van der Waals surface area contributed by atoms with Crippen molar-refractivity contribution in [1.82, 2.24) is 15.3 Å². The van der Waals surface area contributed by atoms with E-state index in [1.165, 1.54) is 6.20 Å². The van der Waals surface area contributed by atoms with Crippen LogP contribution in [0.25, 0.3) is 10.9 Å². The predicted octanol–water partition coefficient (Wildman–Crippen LogP) is 1.22. The monoisotopic (exact) mass is 289 g/mol. The number of H-pyrrole nitrogens is 1. The minimum Gasteiger partial charge on any atom is -0.358 e. The van der Waals surface area contributed by atoms with Crippen LogP contribution >= 0.6 is 0 Å². The third-order valence-electron chi connectivity index (χ3n) is 2.70. The van der Waals surface area contributed by atoms with Crippen molar-refractivity contribution in [3.8, 4) is 6.07 Å². The van der Waals surface area contributed by atoms with Gasteiger partial charge in [-0.25, -0.2) is 4.63 Å². The highest BCUT2D eigenvalue weighted by Crippen LogP contribution is 2.26. The molecule has 20 heavy (non-hydrogen) atoms. The SMILES string of the molecule is N#Cc1c[nH]c2c(NS(=O)(=O)c3cnon3)cccc12. The lowest BCUT2D eigenvalue weighted by atomic mass is 10.2. The Morgan fingerprint density at radius 2 is 2.25 bits per heavy atom. The number of hydrogen-bond donors (Lipinski definition) is 2. The molecule has 0 unspecified atom stereocenters. The Kier molecular flexibility index (Phi) is 2.66. The fourth-order valence-corrected chi connectivity index (χ4v) is 2.68. The summed E-state index contributed by atoms with van der Waals surface area (Å²) in [7, 11) is -3.88. The average Bonchev–Trinajstić information content (AvgIpc) is 3.08. The molecule has 0 amide bonds. The summed E-state index contributed by atoms with van der Waals surface area (Å²) in [6, 6.07) is 6.97. The Hall–Kier alpha value is -2.86. The van der Waals surface area contributed by atoms with Gasteiger partial charge >= 0.3 is 0 Å². The lowest BCUT2D eigenvalue weighted by molar-refractivity contribution is 0.297. The van der Waals surface area contributed by atoms with E-state index in [-0.39, 0.29) is 5.03 Å². The Balaban J connectivity index is 2.09. The molecule has 9 heteroatoms. The minimum atomic E-state index is -3.88. The Bertz CT molecular complexity index is 905. The fourth-order valence-electron chi connectivity index (χ4n) is 1.80. The smallest absolute Gasteiger partial charge is 0.284 e. The van der Waals surface area contributed by atoms with Gasteiger partial charge in [-0.1, -0.05) is 17.3 Å². The normalized spacial score (nSPS) is 11.3. The maximum absolute atomic E-state index is 12.0. The molecule has 0 fully saturated rings. The standard InChI is InChI=1S/C11H7N5O3S/c12-4-7-5-13-11-8(7)2-1-3-9(11)16-20(17,18)10-6-14-19-15-10/h1-3,5-6,13,16H. The summed E-state index contributed by atoms with van der Waals surface area (Å²) < 4.78 is 30.7. The lowest BCUT2D eigenvalue weighted by Gasteiger charge is -2.06. The predicted molar refractivity (Wildman–Crippen MR) is 68.1 cm³/mol. The van der Waals surface area contributed by atoms with Gasteiger partial charge in [0, 0.05) is 11.6 Å². The molecular weight excluding hydrogens is 282 g/mol. The molecule has 0 aliphatic carbocycles. The van der Waals surface area contributed by atoms with Crippen LogP contribution in [0.1, 0.15) is 5.56 Å². The first-order chi connectivity index (χ1) is 9.62. The van der Waals surface area contributed by atoms with Gasteiger partial charge in [0.25, 0.3) is 10.0 Å². The Morgan fingerprint density at radius 3 is 2.95 bits per heavy atom. The van der Waals surface area contributed by atoms with Crippen LogP contribution in [0.5, 0.6) is 0 Å². The number of anilines is 1. The number of fused-ring (bicyclic) bond motifs is 1. The summed E-state index contributed by atoms with van der Waals surface area (Å²) in [5.74, 6) is 0. The molecule has 0 saturated carbocycles. The number of rotatable bonds is 3. The van der Waals surface area contributed by atoms with E-state index in [0.717, 1.165) is 6.20 Å². The van der Waals surface area contributed by atoms with Gasteiger partial charge in [0.15, 0.2) is 0 Å². The van der Waals surface area contributed by atoms with E-state index in [1.54, 1.807) is 18.2 Å². The zero-order valence-corrected chi connectivity index (χ0v) is 10.7. The molecule has 0 saturated heterocycles. The summed E-state index contributed by atoms with van der Waals surface area (Å²) in [6.45, 7) is 0. The van der Waals surface area contributed by atoms with Crippen LogP contribution in [0.4, 0.5) is 5.69 Å². The van der Waals surface area contributed by atoms with Gasteiger partial charge in [0.05, 0.1) is 16.8 Å². The fraction of sp³-hybridized carbons (Fsp3) is 0. The second-order valence-corrected chi connectivity index (χ2v) is 5.52. The number of sulfonamides is 1. The van der Waals surface area contributed by atoms with Crippen molar-refractivity contribution < 1.29 is 13.0 Å². The number of hydrogen-bond acceptors (Lipinski definition) is 6. The van der Waals surface area contributed by atoms with E-state index in [4.69, 9.17) is 5.26 Å². The van der Waals surface area contributed by atoms with Crippen molar-refractivity contribution in [3.63, 3.8) is 0 Å². The molecule has 2 aromatic heterocycles. The Labute approximate surface area is 113 Å². The Morgan fingerprint density at radius 1 is 1.40 bits per heavy atom. The molecule has 2 N–H and O–H groups in total. The van der Waals surface area contributed by atoms with Gasteiger partial charge in [-0.15, -0.1) is 0 Å². The molecule has 3 aromatic rings. The highest BCUT2D eigenvalue weighted by Gasteiger charge is 2.20. The van der Waals surface area contributed by atoms with E-state index in [9.17, 15) is 8.42 Å². The number of aromatic amines is 1. The molecule has 100 valence electrons.